The topological polar surface area (TPSA) is 76.5 Å². The molecule has 2 heterocycles. The Balaban J connectivity index is 1.51. The van der Waals surface area contributed by atoms with Gasteiger partial charge in [-0.05, 0) is 49.1 Å². The number of amides is 2. The lowest BCUT2D eigenvalue weighted by atomic mass is 9.93. The summed E-state index contributed by atoms with van der Waals surface area (Å²) in [5, 5.41) is 8.11. The van der Waals surface area contributed by atoms with Gasteiger partial charge < -0.3 is 10.1 Å². The Morgan fingerprint density at radius 2 is 2.06 bits per heavy atom. The highest BCUT2D eigenvalue weighted by Gasteiger charge is 2.32. The van der Waals surface area contributed by atoms with E-state index in [1.807, 2.05) is 0 Å². The van der Waals surface area contributed by atoms with Crippen molar-refractivity contribution in [1.29, 1.82) is 0 Å². The first kappa shape index (κ1) is 22.4. The van der Waals surface area contributed by atoms with Crippen LogP contribution in [0, 0.1) is 5.82 Å². The van der Waals surface area contributed by atoms with Crippen molar-refractivity contribution in [2.75, 3.05) is 11.4 Å². The van der Waals surface area contributed by atoms with Gasteiger partial charge in [0.1, 0.15) is 24.7 Å². The first-order valence-corrected chi connectivity index (χ1v) is 11.6. The minimum absolute atomic E-state index is 0.131. The summed E-state index contributed by atoms with van der Waals surface area (Å²) in [7, 11) is 1.77. The Morgan fingerprint density at radius 3 is 2.79 bits per heavy atom. The molecule has 0 atom stereocenters. The standard InChI is InChI=1S/C25H24ClFN4O3/c1-30-24-18-12-16(26)9-10-21(18)34-14-19(24)25(29-30)31(13-22(32)28-17-6-4-7-17)23(33)11-15-5-2-3-8-20(15)27/h2-3,5,8-10,12,17H,4,6-7,11,13-14H2,1H3,(H,28,32). The van der Waals surface area contributed by atoms with E-state index in [2.05, 4.69) is 10.4 Å². The van der Waals surface area contributed by atoms with Crippen LogP contribution in [0.25, 0.3) is 11.3 Å². The van der Waals surface area contributed by atoms with Crippen molar-refractivity contribution in [3.05, 3.63) is 64.4 Å². The minimum atomic E-state index is -0.468. The second-order valence-corrected chi connectivity index (χ2v) is 9.08. The van der Waals surface area contributed by atoms with Gasteiger partial charge in [-0.2, -0.15) is 5.10 Å². The maximum atomic E-state index is 14.3. The van der Waals surface area contributed by atoms with Gasteiger partial charge in [0.05, 0.1) is 17.7 Å². The lowest BCUT2D eigenvalue weighted by Gasteiger charge is -2.28. The molecule has 0 radical (unpaired) electrons. The number of ether oxygens (including phenoxy) is 1. The molecule has 0 bridgehead atoms. The predicted molar refractivity (Wildman–Crippen MR) is 126 cm³/mol. The highest BCUT2D eigenvalue weighted by molar-refractivity contribution is 6.31. The second kappa shape index (κ2) is 9.10. The van der Waals surface area contributed by atoms with Crippen LogP contribution < -0.4 is 15.0 Å². The molecule has 2 amide bonds. The van der Waals surface area contributed by atoms with Crippen molar-refractivity contribution in [2.45, 2.75) is 38.3 Å². The highest BCUT2D eigenvalue weighted by Crippen LogP contribution is 2.42. The van der Waals surface area contributed by atoms with E-state index in [9.17, 15) is 14.0 Å². The molecule has 34 heavy (non-hydrogen) atoms. The van der Waals surface area contributed by atoms with Crippen LogP contribution in [0.4, 0.5) is 10.2 Å². The van der Waals surface area contributed by atoms with Crippen LogP contribution in [-0.2, 0) is 29.7 Å². The zero-order valence-electron chi connectivity index (χ0n) is 18.7. The Hall–Kier alpha value is -3.39. The third-order valence-corrected chi connectivity index (χ3v) is 6.56. The van der Waals surface area contributed by atoms with Crippen LogP contribution in [0.2, 0.25) is 5.02 Å². The third kappa shape index (κ3) is 4.25. The fraction of sp³-hybridized carbons (Fsp3) is 0.320. The van der Waals surface area contributed by atoms with Crippen LogP contribution in [0.5, 0.6) is 5.75 Å². The number of aromatic nitrogens is 2. The molecule has 1 fully saturated rings. The molecule has 9 heteroatoms. The zero-order chi connectivity index (χ0) is 23.8. The van der Waals surface area contributed by atoms with Gasteiger partial charge in [0.25, 0.3) is 0 Å². The summed E-state index contributed by atoms with van der Waals surface area (Å²) in [4.78, 5) is 27.6. The largest absolute Gasteiger partial charge is 0.488 e. The quantitative estimate of drug-likeness (QED) is 0.576. The van der Waals surface area contributed by atoms with Crippen LogP contribution in [-0.4, -0.2) is 34.2 Å². The van der Waals surface area contributed by atoms with Crippen molar-refractivity contribution in [1.82, 2.24) is 15.1 Å². The van der Waals surface area contributed by atoms with Crippen molar-refractivity contribution < 1.29 is 18.7 Å². The number of nitrogens with zero attached hydrogens (tertiary/aromatic N) is 3. The number of benzene rings is 2. The van der Waals surface area contributed by atoms with Gasteiger partial charge in [-0.25, -0.2) is 4.39 Å². The van der Waals surface area contributed by atoms with Gasteiger partial charge in [-0.15, -0.1) is 0 Å². The Morgan fingerprint density at radius 1 is 1.26 bits per heavy atom. The number of hydrogen-bond donors (Lipinski definition) is 1. The van der Waals surface area contributed by atoms with E-state index in [0.29, 0.717) is 22.2 Å². The summed E-state index contributed by atoms with van der Waals surface area (Å²) in [6.45, 7) is -0.0312. The molecular weight excluding hydrogens is 459 g/mol. The maximum absolute atomic E-state index is 14.3. The lowest BCUT2D eigenvalue weighted by Crippen LogP contribution is -2.47. The molecule has 0 unspecified atom stereocenters. The van der Waals surface area contributed by atoms with Crippen molar-refractivity contribution in [2.24, 2.45) is 7.05 Å². The van der Waals surface area contributed by atoms with Gasteiger partial charge in [-0.1, -0.05) is 29.8 Å². The number of hydrogen-bond acceptors (Lipinski definition) is 4. The molecule has 1 aromatic heterocycles. The van der Waals surface area contributed by atoms with Crippen molar-refractivity contribution in [3.8, 4) is 17.0 Å². The first-order valence-electron chi connectivity index (χ1n) is 11.2. The van der Waals surface area contributed by atoms with E-state index in [1.165, 1.54) is 11.0 Å². The summed E-state index contributed by atoms with van der Waals surface area (Å²) in [5.41, 5.74) is 2.46. The molecule has 176 valence electrons. The average molecular weight is 483 g/mol. The molecule has 1 aliphatic heterocycles. The molecule has 7 nitrogen and oxygen atoms in total. The van der Waals surface area contributed by atoms with Gasteiger partial charge in [-0.3, -0.25) is 19.2 Å². The number of carbonyl (C=O) groups excluding carboxylic acids is 2. The maximum Gasteiger partial charge on any atom is 0.240 e. The Bertz CT molecular complexity index is 1270. The SMILES string of the molecule is Cn1nc(N(CC(=O)NC2CCC2)C(=O)Cc2ccccc2F)c2c1-c1cc(Cl)ccc1OC2. The first-order chi connectivity index (χ1) is 16.4. The summed E-state index contributed by atoms with van der Waals surface area (Å²) in [6, 6.07) is 11.6. The van der Waals surface area contributed by atoms with Gasteiger partial charge in [0, 0.05) is 23.7 Å². The molecular formula is C25H24ClFN4O3. The molecule has 5 rings (SSSR count). The molecule has 1 aliphatic carbocycles. The summed E-state index contributed by atoms with van der Waals surface area (Å²) >= 11 is 6.22. The Labute approximate surface area is 201 Å². The monoisotopic (exact) mass is 482 g/mol. The minimum Gasteiger partial charge on any atom is -0.488 e. The molecule has 0 saturated heterocycles. The summed E-state index contributed by atoms with van der Waals surface area (Å²) in [5.74, 6) is -0.172. The average Bonchev–Trinajstić information content (AvgIpc) is 3.12. The van der Waals surface area contributed by atoms with E-state index >= 15 is 0 Å². The molecule has 1 N–H and O–H groups in total. The zero-order valence-corrected chi connectivity index (χ0v) is 19.4. The summed E-state index contributed by atoms with van der Waals surface area (Å²) in [6.07, 6.45) is 2.74. The number of carbonyl (C=O) groups is 2. The normalized spacial score (nSPS) is 14.4. The molecule has 1 saturated carbocycles. The number of anilines is 1. The fourth-order valence-corrected chi connectivity index (χ4v) is 4.53. The van der Waals surface area contributed by atoms with Crippen LogP contribution in [0.15, 0.2) is 42.5 Å². The fourth-order valence-electron chi connectivity index (χ4n) is 4.35. The van der Waals surface area contributed by atoms with Crippen LogP contribution >= 0.6 is 11.6 Å². The Kier molecular flexibility index (Phi) is 6.00. The third-order valence-electron chi connectivity index (χ3n) is 6.32. The molecule has 2 aromatic carbocycles. The summed E-state index contributed by atoms with van der Waals surface area (Å²) < 4.78 is 21.9. The number of rotatable bonds is 6. The highest BCUT2D eigenvalue weighted by atomic mass is 35.5. The van der Waals surface area contributed by atoms with E-state index in [4.69, 9.17) is 16.3 Å². The van der Waals surface area contributed by atoms with Gasteiger partial charge in [0.15, 0.2) is 5.82 Å². The lowest BCUT2D eigenvalue weighted by molar-refractivity contribution is -0.124. The van der Waals surface area contributed by atoms with Gasteiger partial charge in [0.2, 0.25) is 11.8 Å². The van der Waals surface area contributed by atoms with E-state index < -0.39 is 11.7 Å². The van der Waals surface area contributed by atoms with Crippen molar-refractivity contribution >= 4 is 29.2 Å². The molecule has 2 aliphatic rings. The van der Waals surface area contributed by atoms with Crippen molar-refractivity contribution in [3.63, 3.8) is 0 Å². The number of halogens is 2. The second-order valence-electron chi connectivity index (χ2n) is 8.65. The van der Waals surface area contributed by atoms with E-state index in [-0.39, 0.29) is 37.1 Å². The smallest absolute Gasteiger partial charge is 0.240 e. The van der Waals surface area contributed by atoms with E-state index in [1.54, 1.807) is 48.1 Å². The number of nitrogens with one attached hydrogen (secondary N) is 1. The van der Waals surface area contributed by atoms with Crippen LogP contribution in [0.1, 0.15) is 30.4 Å². The number of fused-ring (bicyclic) bond motifs is 3. The molecule has 0 spiro atoms. The van der Waals surface area contributed by atoms with Crippen LogP contribution in [0.3, 0.4) is 0 Å². The predicted octanol–water partition coefficient (Wildman–Crippen LogP) is 4.02. The molecule has 3 aromatic rings. The van der Waals surface area contributed by atoms with E-state index in [0.717, 1.165) is 30.5 Å². The number of aryl methyl sites for hydroxylation is 1. The van der Waals surface area contributed by atoms with Gasteiger partial charge >= 0.3 is 0 Å².